The molecule has 2 aromatic carbocycles. The topological polar surface area (TPSA) is 101 Å². The Kier molecular flexibility index (Phi) is 4.00. The van der Waals surface area contributed by atoms with E-state index in [0.717, 1.165) is 28.5 Å². The third kappa shape index (κ3) is 2.86. The van der Waals surface area contributed by atoms with Crippen molar-refractivity contribution in [3.8, 4) is 0 Å². The first-order chi connectivity index (χ1) is 12.5. The maximum atomic E-state index is 12.6. The number of nitro benzene ring substituents is 1. The van der Waals surface area contributed by atoms with Gasteiger partial charge in [-0.2, -0.15) is 8.75 Å². The van der Waals surface area contributed by atoms with Crippen LogP contribution in [-0.2, 0) is 11.2 Å². The van der Waals surface area contributed by atoms with Crippen molar-refractivity contribution in [1.29, 1.82) is 0 Å². The summed E-state index contributed by atoms with van der Waals surface area (Å²) in [5, 5.41) is 13.8. The van der Waals surface area contributed by atoms with Crippen LogP contribution >= 0.6 is 11.7 Å². The van der Waals surface area contributed by atoms with Gasteiger partial charge in [-0.1, -0.05) is 6.07 Å². The predicted octanol–water partition coefficient (Wildman–Crippen LogP) is 2.99. The van der Waals surface area contributed by atoms with Crippen molar-refractivity contribution >= 4 is 45.7 Å². The van der Waals surface area contributed by atoms with Gasteiger partial charge in [0.2, 0.25) is 5.91 Å². The zero-order valence-corrected chi connectivity index (χ0v) is 14.7. The second kappa shape index (κ2) is 6.34. The molecular weight excluding hydrogens is 354 g/mol. The summed E-state index contributed by atoms with van der Waals surface area (Å²) in [7, 11) is 0. The number of anilines is 2. The maximum Gasteiger partial charge on any atom is 0.269 e. The van der Waals surface area contributed by atoms with Gasteiger partial charge < -0.3 is 10.2 Å². The van der Waals surface area contributed by atoms with Crippen molar-refractivity contribution < 1.29 is 9.72 Å². The minimum Gasteiger partial charge on any atom is -0.359 e. The SMILES string of the molecule is CC1Cc2cc([N+](=O)[O-])ccc2N1CC(=O)Nc1cccc2nsnc12. The lowest BCUT2D eigenvalue weighted by molar-refractivity contribution is -0.384. The number of hydrogen-bond donors (Lipinski definition) is 1. The van der Waals surface area contributed by atoms with E-state index in [4.69, 9.17) is 0 Å². The van der Waals surface area contributed by atoms with Gasteiger partial charge in [0.15, 0.2) is 0 Å². The van der Waals surface area contributed by atoms with Gasteiger partial charge in [0.05, 0.1) is 28.9 Å². The van der Waals surface area contributed by atoms with Crippen LogP contribution in [0.25, 0.3) is 11.0 Å². The summed E-state index contributed by atoms with van der Waals surface area (Å²) < 4.78 is 8.39. The Labute approximate surface area is 152 Å². The first kappa shape index (κ1) is 16.4. The Morgan fingerprint density at radius 3 is 3.04 bits per heavy atom. The summed E-state index contributed by atoms with van der Waals surface area (Å²) in [6.45, 7) is 2.17. The van der Waals surface area contributed by atoms with E-state index in [1.165, 1.54) is 6.07 Å². The smallest absolute Gasteiger partial charge is 0.269 e. The average Bonchev–Trinajstić information content (AvgIpc) is 3.20. The highest BCUT2D eigenvalue weighted by Crippen LogP contribution is 2.34. The van der Waals surface area contributed by atoms with Gasteiger partial charge in [-0.3, -0.25) is 14.9 Å². The van der Waals surface area contributed by atoms with E-state index in [-0.39, 0.29) is 24.2 Å². The van der Waals surface area contributed by atoms with Crippen molar-refractivity contribution in [1.82, 2.24) is 8.75 Å². The minimum atomic E-state index is -0.400. The molecule has 132 valence electrons. The largest absolute Gasteiger partial charge is 0.359 e. The Bertz CT molecular complexity index is 1020. The number of aromatic nitrogens is 2. The molecule has 0 spiro atoms. The zero-order chi connectivity index (χ0) is 18.3. The number of carbonyl (C=O) groups is 1. The number of carbonyl (C=O) groups excluding carboxylic acids is 1. The number of rotatable bonds is 4. The van der Waals surface area contributed by atoms with Crippen molar-refractivity contribution in [3.05, 3.63) is 52.1 Å². The second-order valence-electron chi connectivity index (χ2n) is 6.24. The van der Waals surface area contributed by atoms with Crippen LogP contribution in [0.4, 0.5) is 17.1 Å². The molecule has 0 radical (unpaired) electrons. The molecule has 1 aromatic heterocycles. The van der Waals surface area contributed by atoms with Gasteiger partial charge in [0.1, 0.15) is 11.0 Å². The van der Waals surface area contributed by atoms with Gasteiger partial charge in [0.25, 0.3) is 5.69 Å². The fraction of sp³-hybridized carbons (Fsp3) is 0.235. The molecule has 3 aromatic rings. The van der Waals surface area contributed by atoms with Crippen LogP contribution in [0.2, 0.25) is 0 Å². The van der Waals surface area contributed by atoms with Gasteiger partial charge in [-0.25, -0.2) is 0 Å². The summed E-state index contributed by atoms with van der Waals surface area (Å²) in [5.74, 6) is -0.163. The number of amides is 1. The van der Waals surface area contributed by atoms with E-state index < -0.39 is 4.92 Å². The molecule has 0 bridgehead atoms. The van der Waals surface area contributed by atoms with Crippen LogP contribution in [0.5, 0.6) is 0 Å². The summed E-state index contributed by atoms with van der Waals surface area (Å²) >= 11 is 1.11. The molecule has 4 rings (SSSR count). The quantitative estimate of drug-likeness (QED) is 0.560. The van der Waals surface area contributed by atoms with Gasteiger partial charge in [-0.05, 0) is 37.1 Å². The fourth-order valence-electron chi connectivity index (χ4n) is 3.29. The van der Waals surface area contributed by atoms with E-state index >= 15 is 0 Å². The van der Waals surface area contributed by atoms with Gasteiger partial charge >= 0.3 is 0 Å². The Hall–Kier alpha value is -3.07. The fourth-order valence-corrected chi connectivity index (χ4v) is 3.84. The third-order valence-corrected chi connectivity index (χ3v) is 5.05. The van der Waals surface area contributed by atoms with Crippen LogP contribution in [0.15, 0.2) is 36.4 Å². The van der Waals surface area contributed by atoms with Crippen molar-refractivity contribution in [2.24, 2.45) is 0 Å². The van der Waals surface area contributed by atoms with Crippen LogP contribution in [0.1, 0.15) is 12.5 Å². The van der Waals surface area contributed by atoms with Crippen molar-refractivity contribution in [3.63, 3.8) is 0 Å². The molecule has 1 N–H and O–H groups in total. The highest BCUT2D eigenvalue weighted by molar-refractivity contribution is 7.00. The van der Waals surface area contributed by atoms with E-state index in [1.807, 2.05) is 24.0 Å². The number of nitro groups is 1. The van der Waals surface area contributed by atoms with E-state index in [1.54, 1.807) is 18.2 Å². The average molecular weight is 369 g/mol. The molecule has 1 aliphatic rings. The molecule has 0 saturated heterocycles. The second-order valence-corrected chi connectivity index (χ2v) is 6.77. The molecule has 1 atom stereocenters. The highest BCUT2D eigenvalue weighted by atomic mass is 32.1. The summed E-state index contributed by atoms with van der Waals surface area (Å²) in [6.07, 6.45) is 0.676. The molecule has 2 heterocycles. The standard InChI is InChI=1S/C17H15N5O3S/c1-10-7-11-8-12(22(24)25)5-6-15(11)21(10)9-16(23)18-13-3-2-4-14-17(13)20-26-19-14/h2-6,8,10H,7,9H2,1H3,(H,18,23). The van der Waals surface area contributed by atoms with Crippen molar-refractivity contribution in [2.75, 3.05) is 16.8 Å². The molecule has 26 heavy (non-hydrogen) atoms. The third-order valence-electron chi connectivity index (χ3n) is 4.50. The monoisotopic (exact) mass is 369 g/mol. The van der Waals surface area contributed by atoms with Crippen LogP contribution in [-0.4, -0.2) is 32.2 Å². The number of nitrogens with zero attached hydrogens (tertiary/aromatic N) is 4. The molecule has 0 aliphatic carbocycles. The maximum absolute atomic E-state index is 12.6. The van der Waals surface area contributed by atoms with Crippen LogP contribution in [0, 0.1) is 10.1 Å². The lowest BCUT2D eigenvalue weighted by atomic mass is 10.1. The van der Waals surface area contributed by atoms with E-state index in [0.29, 0.717) is 17.6 Å². The number of fused-ring (bicyclic) bond motifs is 2. The minimum absolute atomic E-state index is 0.0740. The normalized spacial score (nSPS) is 15.9. The molecule has 8 nitrogen and oxygen atoms in total. The Balaban J connectivity index is 1.53. The number of non-ortho nitro benzene ring substituents is 1. The summed E-state index contributed by atoms with van der Waals surface area (Å²) in [4.78, 5) is 25.1. The number of benzene rings is 2. The predicted molar refractivity (Wildman–Crippen MR) is 99.7 cm³/mol. The molecule has 9 heteroatoms. The lowest BCUT2D eigenvalue weighted by Gasteiger charge is -2.24. The van der Waals surface area contributed by atoms with Crippen LogP contribution < -0.4 is 10.2 Å². The first-order valence-corrected chi connectivity index (χ1v) is 8.81. The van der Waals surface area contributed by atoms with E-state index in [9.17, 15) is 14.9 Å². The van der Waals surface area contributed by atoms with Crippen LogP contribution in [0.3, 0.4) is 0 Å². The van der Waals surface area contributed by atoms with Gasteiger partial charge in [0, 0.05) is 23.9 Å². The van der Waals surface area contributed by atoms with Gasteiger partial charge in [-0.15, -0.1) is 0 Å². The molecule has 1 aliphatic heterocycles. The molecule has 0 fully saturated rings. The first-order valence-electron chi connectivity index (χ1n) is 8.08. The number of nitrogens with one attached hydrogen (secondary N) is 1. The Morgan fingerprint density at radius 2 is 2.23 bits per heavy atom. The molecular formula is C17H15N5O3S. The molecule has 1 unspecified atom stereocenters. The summed E-state index contributed by atoms with van der Waals surface area (Å²) in [5.41, 5.74) is 3.90. The molecule has 0 saturated carbocycles. The summed E-state index contributed by atoms with van der Waals surface area (Å²) in [6, 6.07) is 10.3. The Morgan fingerprint density at radius 1 is 1.38 bits per heavy atom. The van der Waals surface area contributed by atoms with E-state index in [2.05, 4.69) is 14.1 Å². The number of hydrogen-bond acceptors (Lipinski definition) is 7. The van der Waals surface area contributed by atoms with Crippen molar-refractivity contribution in [2.45, 2.75) is 19.4 Å². The highest BCUT2D eigenvalue weighted by Gasteiger charge is 2.29. The molecule has 1 amide bonds. The zero-order valence-electron chi connectivity index (χ0n) is 13.9. The lowest BCUT2D eigenvalue weighted by Crippen LogP contribution is -2.37.